The first-order valence-electron chi connectivity index (χ1n) is 6.44. The molecule has 1 aromatic heterocycles. The molecule has 2 aliphatic rings. The zero-order valence-corrected chi connectivity index (χ0v) is 10.7. The maximum atomic E-state index is 12.1. The van der Waals surface area contributed by atoms with Gasteiger partial charge < -0.3 is 10.2 Å². The average Bonchev–Trinajstić information content (AvgIpc) is 2.47. The Morgan fingerprint density at radius 2 is 1.30 bits per heavy atom. The third-order valence-electron chi connectivity index (χ3n) is 3.83. The Kier molecular flexibility index (Phi) is 2.89. The summed E-state index contributed by atoms with van der Waals surface area (Å²) < 4.78 is 0. The number of ketones is 2. The molecule has 3 rings (SSSR count). The van der Waals surface area contributed by atoms with E-state index in [2.05, 4.69) is 4.98 Å². The van der Waals surface area contributed by atoms with Gasteiger partial charge in [-0.15, -0.1) is 0 Å². The maximum absolute atomic E-state index is 12.1. The number of aromatic nitrogens is 1. The van der Waals surface area contributed by atoms with Crippen molar-refractivity contribution in [3.63, 3.8) is 0 Å². The van der Waals surface area contributed by atoms with E-state index in [1.54, 1.807) is 6.07 Å². The van der Waals surface area contributed by atoms with Crippen LogP contribution in [0.3, 0.4) is 0 Å². The van der Waals surface area contributed by atoms with Gasteiger partial charge in [-0.3, -0.25) is 14.6 Å². The van der Waals surface area contributed by atoms with E-state index in [9.17, 15) is 9.59 Å². The molecule has 2 N–H and O–H groups in total. The molecule has 20 heavy (non-hydrogen) atoms. The van der Waals surface area contributed by atoms with E-state index in [1.165, 1.54) is 0 Å². The number of aliphatic hydroxyl groups is 2. The lowest BCUT2D eigenvalue weighted by Crippen LogP contribution is -2.22. The monoisotopic (exact) mass is 271 g/mol. The summed E-state index contributed by atoms with van der Waals surface area (Å²) in [6.45, 7) is 0. The summed E-state index contributed by atoms with van der Waals surface area (Å²) in [6, 6.07) is 1.55. The Bertz CT molecular complexity index is 630. The Morgan fingerprint density at radius 3 is 1.70 bits per heavy atom. The first-order valence-corrected chi connectivity index (χ1v) is 6.44. The second kappa shape index (κ2) is 4.59. The van der Waals surface area contributed by atoms with Gasteiger partial charge in [0.05, 0.1) is 23.9 Å². The number of aliphatic hydroxyl groups excluding tert-OH is 2. The average molecular weight is 271 g/mol. The molecule has 0 atom stereocenters. The number of aryl methyl sites for hydroxylation is 2. The van der Waals surface area contributed by atoms with Crippen molar-refractivity contribution in [2.45, 2.75) is 25.7 Å². The number of rotatable bonds is 0. The van der Waals surface area contributed by atoms with E-state index < -0.39 is 0 Å². The highest BCUT2D eigenvalue weighted by molar-refractivity contribution is 6.14. The third-order valence-corrected chi connectivity index (χ3v) is 3.83. The van der Waals surface area contributed by atoms with Crippen LogP contribution < -0.4 is 0 Å². The van der Waals surface area contributed by atoms with Crippen LogP contribution in [0, 0.1) is 0 Å². The van der Waals surface area contributed by atoms with Gasteiger partial charge in [-0.25, -0.2) is 0 Å². The molecule has 0 aromatic carbocycles. The predicted molar refractivity (Wildman–Crippen MR) is 71.0 cm³/mol. The molecule has 5 heteroatoms. The molecule has 0 bridgehead atoms. The molecular formula is C15H13NO4. The SMILES string of the molecule is O=C1/C(=C\O)CCc2nc3c(cc21)C(=O)/C(=C/O)CC3. The minimum Gasteiger partial charge on any atom is -0.515 e. The van der Waals surface area contributed by atoms with Crippen molar-refractivity contribution in [3.05, 3.63) is 52.3 Å². The van der Waals surface area contributed by atoms with Crippen molar-refractivity contribution in [1.82, 2.24) is 4.98 Å². The number of hydrogen-bond donors (Lipinski definition) is 2. The Balaban J connectivity index is 2.15. The number of hydrogen-bond acceptors (Lipinski definition) is 5. The molecule has 0 spiro atoms. The summed E-state index contributed by atoms with van der Waals surface area (Å²) in [5.41, 5.74) is 2.79. The fourth-order valence-electron chi connectivity index (χ4n) is 2.69. The normalized spacial score (nSPS) is 22.0. The lowest BCUT2D eigenvalue weighted by atomic mass is 9.85. The van der Waals surface area contributed by atoms with Crippen LogP contribution in [0.1, 0.15) is 44.9 Å². The first-order chi connectivity index (χ1) is 9.65. The van der Waals surface area contributed by atoms with E-state index >= 15 is 0 Å². The fraction of sp³-hybridized carbons (Fsp3) is 0.267. The number of nitrogens with zero attached hydrogens (tertiary/aromatic N) is 1. The molecule has 2 aliphatic carbocycles. The molecular weight excluding hydrogens is 258 g/mol. The summed E-state index contributed by atoms with van der Waals surface area (Å²) in [4.78, 5) is 28.7. The number of carbonyl (C=O) groups excluding carboxylic acids is 2. The number of pyridine rings is 1. The van der Waals surface area contributed by atoms with Crippen molar-refractivity contribution in [3.8, 4) is 0 Å². The van der Waals surface area contributed by atoms with Gasteiger partial charge in [0, 0.05) is 22.3 Å². The van der Waals surface area contributed by atoms with Crippen molar-refractivity contribution in [2.75, 3.05) is 0 Å². The minimum atomic E-state index is -0.281. The second-order valence-electron chi connectivity index (χ2n) is 4.94. The van der Waals surface area contributed by atoms with Crippen LogP contribution in [0.5, 0.6) is 0 Å². The van der Waals surface area contributed by atoms with Gasteiger partial charge in [-0.1, -0.05) is 0 Å². The number of fused-ring (bicyclic) bond motifs is 2. The van der Waals surface area contributed by atoms with Crippen LogP contribution in [0.25, 0.3) is 0 Å². The molecule has 0 radical (unpaired) electrons. The Labute approximate surface area is 115 Å². The molecule has 1 aromatic rings. The number of carbonyl (C=O) groups is 2. The van der Waals surface area contributed by atoms with E-state index in [-0.39, 0.29) is 11.6 Å². The second-order valence-corrected chi connectivity index (χ2v) is 4.94. The summed E-state index contributed by atoms with van der Waals surface area (Å²) in [5.74, 6) is -0.561. The van der Waals surface area contributed by atoms with Crippen LogP contribution in [-0.4, -0.2) is 26.8 Å². The largest absolute Gasteiger partial charge is 0.515 e. The van der Waals surface area contributed by atoms with E-state index in [4.69, 9.17) is 10.2 Å². The first kappa shape index (κ1) is 12.6. The van der Waals surface area contributed by atoms with E-state index in [0.717, 1.165) is 12.5 Å². The topological polar surface area (TPSA) is 87.5 Å². The Hall–Kier alpha value is -2.43. The van der Waals surface area contributed by atoms with Crippen molar-refractivity contribution in [1.29, 1.82) is 0 Å². The van der Waals surface area contributed by atoms with Gasteiger partial charge in [-0.05, 0) is 31.7 Å². The van der Waals surface area contributed by atoms with E-state index in [1.807, 2.05) is 0 Å². The quantitative estimate of drug-likeness (QED) is 0.558. The highest BCUT2D eigenvalue weighted by Gasteiger charge is 2.29. The van der Waals surface area contributed by atoms with Crippen molar-refractivity contribution >= 4 is 11.6 Å². The van der Waals surface area contributed by atoms with Crippen molar-refractivity contribution in [2.24, 2.45) is 0 Å². The van der Waals surface area contributed by atoms with Gasteiger partial charge in [0.25, 0.3) is 0 Å². The molecule has 102 valence electrons. The zero-order chi connectivity index (χ0) is 14.3. The molecule has 0 amide bonds. The summed E-state index contributed by atoms with van der Waals surface area (Å²) in [5, 5.41) is 18.1. The van der Waals surface area contributed by atoms with E-state index in [0.29, 0.717) is 59.3 Å². The smallest absolute Gasteiger partial charge is 0.193 e. The molecule has 0 saturated carbocycles. The minimum absolute atomic E-state index is 0.281. The fourth-order valence-corrected chi connectivity index (χ4v) is 2.69. The molecule has 0 unspecified atom stereocenters. The standard InChI is InChI=1S/C15H13NO4/c17-6-8-1-3-12-10(14(8)19)5-11-13(16-12)4-2-9(7-18)15(11)20/h5-7,17-18H,1-4H2/b8-6-,9-7+. The lowest BCUT2D eigenvalue weighted by molar-refractivity contribution is 0.102. The van der Waals surface area contributed by atoms with Gasteiger partial charge in [0.1, 0.15) is 0 Å². The predicted octanol–water partition coefficient (Wildman–Crippen LogP) is 2.22. The van der Waals surface area contributed by atoms with Crippen molar-refractivity contribution < 1.29 is 19.8 Å². The summed E-state index contributed by atoms with van der Waals surface area (Å²) in [7, 11) is 0. The molecule has 0 aliphatic heterocycles. The number of allylic oxidation sites excluding steroid dienone is 2. The zero-order valence-electron chi connectivity index (χ0n) is 10.7. The van der Waals surface area contributed by atoms with Crippen LogP contribution in [0.4, 0.5) is 0 Å². The third kappa shape index (κ3) is 1.74. The van der Waals surface area contributed by atoms with Crippen LogP contribution in [0.2, 0.25) is 0 Å². The van der Waals surface area contributed by atoms with Crippen LogP contribution >= 0.6 is 0 Å². The summed E-state index contributed by atoms with van der Waals surface area (Å²) >= 11 is 0. The maximum Gasteiger partial charge on any atom is 0.193 e. The number of Topliss-reactive ketones (excluding diaryl/α,β-unsaturated/α-hetero) is 2. The molecule has 5 nitrogen and oxygen atoms in total. The highest BCUT2D eigenvalue weighted by atomic mass is 16.2. The highest BCUT2D eigenvalue weighted by Crippen LogP contribution is 2.30. The van der Waals surface area contributed by atoms with Gasteiger partial charge in [-0.2, -0.15) is 0 Å². The molecule has 0 fully saturated rings. The Morgan fingerprint density at radius 1 is 0.850 bits per heavy atom. The molecule has 0 saturated heterocycles. The van der Waals surface area contributed by atoms with Crippen LogP contribution in [-0.2, 0) is 12.8 Å². The van der Waals surface area contributed by atoms with Gasteiger partial charge >= 0.3 is 0 Å². The lowest BCUT2D eigenvalue weighted by Gasteiger charge is -2.21. The summed E-state index contributed by atoms with van der Waals surface area (Å²) in [6.07, 6.45) is 3.74. The van der Waals surface area contributed by atoms with Gasteiger partial charge in [0.2, 0.25) is 0 Å². The molecule has 1 heterocycles. The van der Waals surface area contributed by atoms with Gasteiger partial charge in [0.15, 0.2) is 11.6 Å². The van der Waals surface area contributed by atoms with Crippen LogP contribution in [0.15, 0.2) is 29.7 Å².